The van der Waals surface area contributed by atoms with Gasteiger partial charge in [-0.3, -0.25) is 9.48 Å². The molecule has 0 aliphatic rings. The van der Waals surface area contributed by atoms with E-state index < -0.39 is 0 Å². The first-order valence-electron chi connectivity index (χ1n) is 7.39. The van der Waals surface area contributed by atoms with E-state index in [4.69, 9.17) is 11.6 Å². The smallest absolute Gasteiger partial charge is 0.235 e. The molecule has 1 aromatic heterocycles. The maximum Gasteiger partial charge on any atom is 0.235 e. The highest BCUT2D eigenvalue weighted by Crippen LogP contribution is 2.23. The summed E-state index contributed by atoms with van der Waals surface area (Å²) in [4.78, 5) is 13.2. The Hall–Kier alpha value is -2.24. The van der Waals surface area contributed by atoms with Gasteiger partial charge in [-0.1, -0.05) is 41.9 Å². The second kappa shape index (κ2) is 7.55. The van der Waals surface area contributed by atoms with E-state index in [9.17, 15) is 4.79 Å². The molecule has 0 saturated heterocycles. The number of nitrogens with zero attached hydrogens (tertiary/aromatic N) is 2. The number of hydrogen-bond donors (Lipinski definition) is 1. The lowest BCUT2D eigenvalue weighted by Gasteiger charge is -2.04. The summed E-state index contributed by atoms with van der Waals surface area (Å²) >= 11 is 7.41. The van der Waals surface area contributed by atoms with Gasteiger partial charge in [0.15, 0.2) is 0 Å². The summed E-state index contributed by atoms with van der Waals surface area (Å²) in [6.45, 7) is 0. The molecule has 0 radical (unpaired) electrons. The molecule has 3 aromatic rings. The molecule has 1 amide bonds. The summed E-state index contributed by atoms with van der Waals surface area (Å²) in [5, 5.41) is 8.01. The highest BCUT2D eigenvalue weighted by atomic mass is 35.5. The molecule has 1 N–H and O–H groups in total. The highest BCUT2D eigenvalue weighted by Gasteiger charge is 2.10. The third-order valence-corrected chi connectivity index (χ3v) is 4.66. The molecule has 0 saturated carbocycles. The Labute approximate surface area is 149 Å². The second-order valence-electron chi connectivity index (χ2n) is 5.20. The number of hydrogen-bond acceptors (Lipinski definition) is 3. The van der Waals surface area contributed by atoms with E-state index in [0.29, 0.717) is 16.6 Å². The van der Waals surface area contributed by atoms with Crippen LogP contribution in [0.4, 0.5) is 5.82 Å². The molecule has 0 unspecified atom stereocenters. The van der Waals surface area contributed by atoms with Gasteiger partial charge in [-0.05, 0) is 24.3 Å². The summed E-state index contributed by atoms with van der Waals surface area (Å²) in [6, 6.07) is 19.1. The molecule has 6 heteroatoms. The van der Waals surface area contributed by atoms with Gasteiger partial charge in [-0.2, -0.15) is 5.10 Å². The quantitative estimate of drug-likeness (QED) is 0.685. The summed E-state index contributed by atoms with van der Waals surface area (Å²) < 4.78 is 1.66. The van der Waals surface area contributed by atoms with E-state index in [1.54, 1.807) is 11.7 Å². The van der Waals surface area contributed by atoms with Crippen molar-refractivity contribution in [1.82, 2.24) is 9.78 Å². The van der Waals surface area contributed by atoms with E-state index in [1.165, 1.54) is 11.8 Å². The van der Waals surface area contributed by atoms with Gasteiger partial charge in [-0.15, -0.1) is 11.8 Å². The lowest BCUT2D eigenvalue weighted by molar-refractivity contribution is -0.113. The summed E-state index contributed by atoms with van der Waals surface area (Å²) in [6.07, 6.45) is 0. The van der Waals surface area contributed by atoms with Gasteiger partial charge in [0.05, 0.1) is 11.4 Å². The predicted octanol–water partition coefficient (Wildman–Crippen LogP) is 4.47. The molecule has 4 nitrogen and oxygen atoms in total. The average Bonchev–Trinajstić information content (AvgIpc) is 2.95. The number of rotatable bonds is 5. The number of thioether (sulfide) groups is 1. The van der Waals surface area contributed by atoms with E-state index >= 15 is 0 Å². The molecule has 24 heavy (non-hydrogen) atoms. The summed E-state index contributed by atoms with van der Waals surface area (Å²) in [5.41, 5.74) is 1.74. The third-order valence-electron chi connectivity index (χ3n) is 3.40. The molecule has 122 valence electrons. The molecule has 0 fully saturated rings. The molecule has 3 rings (SSSR count). The predicted molar refractivity (Wildman–Crippen MR) is 99.4 cm³/mol. The first-order chi connectivity index (χ1) is 11.6. The van der Waals surface area contributed by atoms with Crippen molar-refractivity contribution in [2.45, 2.75) is 4.90 Å². The Morgan fingerprint density at radius 1 is 1.17 bits per heavy atom. The van der Waals surface area contributed by atoms with Gasteiger partial charge in [0.25, 0.3) is 0 Å². The van der Waals surface area contributed by atoms with Gasteiger partial charge >= 0.3 is 0 Å². The van der Waals surface area contributed by atoms with Crippen molar-refractivity contribution in [2.75, 3.05) is 11.1 Å². The Bertz CT molecular complexity index is 831. The monoisotopic (exact) mass is 357 g/mol. The van der Waals surface area contributed by atoms with Crippen molar-refractivity contribution in [3.05, 3.63) is 65.7 Å². The van der Waals surface area contributed by atoms with Crippen LogP contribution in [0.2, 0.25) is 5.02 Å². The number of carbonyl (C=O) groups excluding carboxylic acids is 1. The van der Waals surface area contributed by atoms with Crippen LogP contribution in [0.25, 0.3) is 11.3 Å². The minimum absolute atomic E-state index is 0.0606. The number of carbonyl (C=O) groups is 1. The fraction of sp³-hybridized carbons (Fsp3) is 0.111. The third kappa shape index (κ3) is 4.19. The van der Waals surface area contributed by atoms with Crippen LogP contribution in [0.15, 0.2) is 65.6 Å². The van der Waals surface area contributed by atoms with E-state index in [-0.39, 0.29) is 5.91 Å². The van der Waals surface area contributed by atoms with Crippen LogP contribution in [-0.2, 0) is 11.8 Å². The fourth-order valence-electron chi connectivity index (χ4n) is 2.19. The fourth-order valence-corrected chi connectivity index (χ4v) is 3.04. The molecule has 0 atom stereocenters. The zero-order valence-corrected chi connectivity index (χ0v) is 14.6. The standard InChI is InChI=1S/C18H16ClN3OS/c1-22-17(11-16(21-22)13-7-9-14(19)10-8-13)20-18(23)12-24-15-5-3-2-4-6-15/h2-11H,12H2,1H3,(H,20,23). The molecule has 0 aliphatic carbocycles. The minimum atomic E-state index is -0.0606. The molecule has 1 heterocycles. The largest absolute Gasteiger partial charge is 0.310 e. The van der Waals surface area contributed by atoms with Crippen molar-refractivity contribution in [1.29, 1.82) is 0 Å². The first-order valence-corrected chi connectivity index (χ1v) is 8.76. The van der Waals surface area contributed by atoms with E-state index in [2.05, 4.69) is 10.4 Å². The number of aryl methyl sites for hydroxylation is 1. The number of amides is 1. The Morgan fingerprint density at radius 3 is 2.58 bits per heavy atom. The van der Waals surface area contributed by atoms with Crippen molar-refractivity contribution >= 4 is 35.1 Å². The van der Waals surface area contributed by atoms with Crippen LogP contribution < -0.4 is 5.32 Å². The lowest BCUT2D eigenvalue weighted by atomic mass is 10.1. The Kier molecular flexibility index (Phi) is 5.23. The maximum atomic E-state index is 12.1. The minimum Gasteiger partial charge on any atom is -0.310 e. The van der Waals surface area contributed by atoms with Crippen LogP contribution in [0.1, 0.15) is 0 Å². The molecule has 2 aromatic carbocycles. The van der Waals surface area contributed by atoms with Crippen molar-refractivity contribution in [3.63, 3.8) is 0 Å². The van der Waals surface area contributed by atoms with Crippen molar-refractivity contribution in [3.8, 4) is 11.3 Å². The van der Waals surface area contributed by atoms with Gasteiger partial charge in [0.1, 0.15) is 5.82 Å². The first kappa shape index (κ1) is 16.6. The number of aromatic nitrogens is 2. The van der Waals surface area contributed by atoms with Crippen LogP contribution in [-0.4, -0.2) is 21.4 Å². The highest BCUT2D eigenvalue weighted by molar-refractivity contribution is 8.00. The SMILES string of the molecule is Cn1nc(-c2ccc(Cl)cc2)cc1NC(=O)CSc1ccccc1. The zero-order valence-electron chi connectivity index (χ0n) is 13.1. The Balaban J connectivity index is 1.65. The number of halogens is 1. The number of anilines is 1. The average molecular weight is 358 g/mol. The zero-order chi connectivity index (χ0) is 16.9. The van der Waals surface area contributed by atoms with Crippen LogP contribution in [0, 0.1) is 0 Å². The Morgan fingerprint density at radius 2 is 1.88 bits per heavy atom. The van der Waals surface area contributed by atoms with Crippen LogP contribution >= 0.6 is 23.4 Å². The van der Waals surface area contributed by atoms with E-state index in [1.807, 2.05) is 60.7 Å². The molecule has 0 aliphatic heterocycles. The number of nitrogens with one attached hydrogen (secondary N) is 1. The molecular formula is C18H16ClN3OS. The van der Waals surface area contributed by atoms with Crippen molar-refractivity contribution < 1.29 is 4.79 Å². The second-order valence-corrected chi connectivity index (χ2v) is 6.68. The van der Waals surface area contributed by atoms with Crippen molar-refractivity contribution in [2.24, 2.45) is 7.05 Å². The number of benzene rings is 2. The molecule has 0 spiro atoms. The molecule has 0 bridgehead atoms. The van der Waals surface area contributed by atoms with Gasteiger partial charge in [-0.25, -0.2) is 0 Å². The topological polar surface area (TPSA) is 46.9 Å². The molecular weight excluding hydrogens is 342 g/mol. The van der Waals surface area contributed by atoms with Crippen LogP contribution in [0.5, 0.6) is 0 Å². The summed E-state index contributed by atoms with van der Waals surface area (Å²) in [7, 11) is 1.80. The van der Waals surface area contributed by atoms with E-state index in [0.717, 1.165) is 16.2 Å². The van der Waals surface area contributed by atoms with Gasteiger partial charge in [0, 0.05) is 28.6 Å². The lowest BCUT2D eigenvalue weighted by Crippen LogP contribution is -2.16. The van der Waals surface area contributed by atoms with Gasteiger partial charge < -0.3 is 5.32 Å². The summed E-state index contributed by atoms with van der Waals surface area (Å²) in [5.74, 6) is 0.957. The van der Waals surface area contributed by atoms with Crippen LogP contribution in [0.3, 0.4) is 0 Å². The normalized spacial score (nSPS) is 10.6. The van der Waals surface area contributed by atoms with Gasteiger partial charge in [0.2, 0.25) is 5.91 Å². The maximum absolute atomic E-state index is 12.1.